The van der Waals surface area contributed by atoms with Crippen LogP contribution in [0.4, 0.5) is 0 Å². The molecule has 1 aromatic heterocycles. The largest absolute Gasteiger partial charge is 0.300 e. The molecule has 1 heterocycles. The first-order valence-corrected chi connectivity index (χ1v) is 4.79. The first kappa shape index (κ1) is 10.1. The number of ketones is 2. The molecular formula is C9H11NO2S. The Morgan fingerprint density at radius 3 is 2.38 bits per heavy atom. The first-order valence-electron chi connectivity index (χ1n) is 3.97. The van der Waals surface area contributed by atoms with Gasteiger partial charge in [-0.2, -0.15) is 0 Å². The lowest BCUT2D eigenvalue weighted by atomic mass is 10.2. The van der Waals surface area contributed by atoms with E-state index >= 15 is 0 Å². The van der Waals surface area contributed by atoms with E-state index in [9.17, 15) is 9.59 Å². The van der Waals surface area contributed by atoms with Crippen LogP contribution in [0.1, 0.15) is 33.7 Å². The highest BCUT2D eigenvalue weighted by Gasteiger charge is 2.14. The Labute approximate surface area is 80.8 Å². The number of hydrogen-bond donors (Lipinski definition) is 0. The molecule has 0 radical (unpaired) electrons. The number of aryl methyl sites for hydroxylation is 2. The molecule has 0 amide bonds. The van der Waals surface area contributed by atoms with Crippen molar-refractivity contribution in [2.45, 2.75) is 27.2 Å². The van der Waals surface area contributed by atoms with Crippen LogP contribution in [-0.2, 0) is 4.79 Å². The molecule has 0 fully saturated rings. The van der Waals surface area contributed by atoms with Gasteiger partial charge in [-0.25, -0.2) is 4.98 Å². The highest BCUT2D eigenvalue weighted by Crippen LogP contribution is 2.18. The summed E-state index contributed by atoms with van der Waals surface area (Å²) in [6.45, 7) is 5.06. The molecule has 0 aliphatic heterocycles. The van der Waals surface area contributed by atoms with Crippen molar-refractivity contribution in [3.63, 3.8) is 0 Å². The van der Waals surface area contributed by atoms with Gasteiger partial charge in [0, 0.05) is 0 Å². The molecule has 0 aliphatic rings. The third kappa shape index (κ3) is 2.45. The molecule has 0 unspecified atom stereocenters. The minimum absolute atomic E-state index is 0.0114. The van der Waals surface area contributed by atoms with Crippen LogP contribution in [0.2, 0.25) is 0 Å². The maximum Gasteiger partial charge on any atom is 0.182 e. The third-order valence-electron chi connectivity index (χ3n) is 1.57. The quantitative estimate of drug-likeness (QED) is 0.549. The summed E-state index contributed by atoms with van der Waals surface area (Å²) in [5.74, 6) is -0.217. The maximum absolute atomic E-state index is 11.4. The Kier molecular flexibility index (Phi) is 2.93. The van der Waals surface area contributed by atoms with E-state index in [1.807, 2.05) is 6.92 Å². The molecule has 0 aromatic carbocycles. The lowest BCUT2D eigenvalue weighted by molar-refractivity contribution is -0.116. The van der Waals surface area contributed by atoms with Crippen molar-refractivity contribution in [2.24, 2.45) is 0 Å². The Bertz CT molecular complexity index is 354. The molecule has 0 saturated carbocycles. The summed E-state index contributed by atoms with van der Waals surface area (Å²) in [4.78, 5) is 26.9. The van der Waals surface area contributed by atoms with Crippen molar-refractivity contribution in [1.82, 2.24) is 4.98 Å². The molecular weight excluding hydrogens is 186 g/mol. The van der Waals surface area contributed by atoms with Crippen molar-refractivity contribution in [3.05, 3.63) is 15.6 Å². The van der Waals surface area contributed by atoms with Crippen LogP contribution in [0, 0.1) is 13.8 Å². The van der Waals surface area contributed by atoms with E-state index in [2.05, 4.69) is 4.98 Å². The predicted molar refractivity (Wildman–Crippen MR) is 51.2 cm³/mol. The molecule has 0 aliphatic carbocycles. The Morgan fingerprint density at radius 1 is 1.38 bits per heavy atom. The monoisotopic (exact) mass is 197 g/mol. The van der Waals surface area contributed by atoms with Gasteiger partial charge in [0.1, 0.15) is 5.78 Å². The fourth-order valence-corrected chi connectivity index (χ4v) is 1.95. The van der Waals surface area contributed by atoms with Gasteiger partial charge < -0.3 is 0 Å². The van der Waals surface area contributed by atoms with Crippen molar-refractivity contribution >= 4 is 22.9 Å². The first-order chi connectivity index (χ1) is 6.00. The molecule has 0 N–H and O–H groups in total. The summed E-state index contributed by atoms with van der Waals surface area (Å²) in [5, 5.41) is 0.865. The number of carbonyl (C=O) groups is 2. The van der Waals surface area contributed by atoms with Crippen LogP contribution in [0.5, 0.6) is 0 Å². The summed E-state index contributed by atoms with van der Waals surface area (Å²) < 4.78 is 0. The van der Waals surface area contributed by atoms with E-state index in [1.165, 1.54) is 18.3 Å². The normalized spacial score (nSPS) is 10.1. The fraction of sp³-hybridized carbons (Fsp3) is 0.444. The van der Waals surface area contributed by atoms with Crippen LogP contribution in [-0.4, -0.2) is 16.6 Å². The second-order valence-corrected chi connectivity index (χ2v) is 4.15. The van der Waals surface area contributed by atoms with Crippen LogP contribution in [0.25, 0.3) is 0 Å². The number of Topliss-reactive ketones (excluding diaryl/α,β-unsaturated/α-hetero) is 2. The van der Waals surface area contributed by atoms with E-state index in [0.29, 0.717) is 4.88 Å². The van der Waals surface area contributed by atoms with Crippen LogP contribution < -0.4 is 0 Å². The predicted octanol–water partition coefficient (Wildman–Crippen LogP) is 1.92. The van der Waals surface area contributed by atoms with E-state index in [-0.39, 0.29) is 18.0 Å². The number of aromatic nitrogens is 1. The Morgan fingerprint density at radius 2 is 2.00 bits per heavy atom. The molecule has 0 saturated heterocycles. The standard InChI is InChI=1S/C9H11NO2S/c1-5(11)4-8(12)9-6(2)10-7(3)13-9/h4H2,1-3H3. The number of thiazole rings is 1. The van der Waals surface area contributed by atoms with Gasteiger partial charge in [-0.1, -0.05) is 0 Å². The zero-order chi connectivity index (χ0) is 10.0. The number of nitrogens with zero attached hydrogens (tertiary/aromatic N) is 1. The molecule has 1 aromatic rings. The zero-order valence-electron chi connectivity index (χ0n) is 7.88. The maximum atomic E-state index is 11.4. The molecule has 0 spiro atoms. The molecule has 3 nitrogen and oxygen atoms in total. The summed E-state index contributed by atoms with van der Waals surface area (Å²) in [5.41, 5.74) is 0.730. The fourth-order valence-electron chi connectivity index (χ4n) is 1.10. The van der Waals surface area contributed by atoms with Gasteiger partial charge in [0.25, 0.3) is 0 Å². The molecule has 1 rings (SSSR count). The highest BCUT2D eigenvalue weighted by molar-refractivity contribution is 7.13. The lowest BCUT2D eigenvalue weighted by Crippen LogP contribution is -2.04. The summed E-state index contributed by atoms with van der Waals surface area (Å²) in [6.07, 6.45) is -0.0114. The van der Waals surface area contributed by atoms with E-state index in [0.717, 1.165) is 10.7 Å². The van der Waals surface area contributed by atoms with Crippen molar-refractivity contribution < 1.29 is 9.59 Å². The molecule has 13 heavy (non-hydrogen) atoms. The van der Waals surface area contributed by atoms with Gasteiger partial charge in [-0.3, -0.25) is 9.59 Å². The smallest absolute Gasteiger partial charge is 0.182 e. The van der Waals surface area contributed by atoms with Crippen LogP contribution in [0.3, 0.4) is 0 Å². The molecule has 70 valence electrons. The Balaban J connectivity index is 2.88. The van der Waals surface area contributed by atoms with Gasteiger partial charge in [0.2, 0.25) is 0 Å². The van der Waals surface area contributed by atoms with E-state index < -0.39 is 0 Å². The number of rotatable bonds is 3. The van der Waals surface area contributed by atoms with Crippen LogP contribution in [0.15, 0.2) is 0 Å². The van der Waals surface area contributed by atoms with Gasteiger partial charge in [0.05, 0.1) is 22.0 Å². The van der Waals surface area contributed by atoms with Crippen molar-refractivity contribution in [2.75, 3.05) is 0 Å². The molecule has 0 atom stereocenters. The zero-order valence-corrected chi connectivity index (χ0v) is 8.70. The van der Waals surface area contributed by atoms with Crippen molar-refractivity contribution in [3.8, 4) is 0 Å². The van der Waals surface area contributed by atoms with E-state index in [4.69, 9.17) is 0 Å². The van der Waals surface area contributed by atoms with Gasteiger partial charge in [-0.05, 0) is 20.8 Å². The lowest BCUT2D eigenvalue weighted by Gasteiger charge is -1.93. The second-order valence-electron chi connectivity index (χ2n) is 2.95. The minimum atomic E-state index is -0.115. The third-order valence-corrected chi connectivity index (χ3v) is 2.68. The summed E-state index contributed by atoms with van der Waals surface area (Å²) >= 11 is 1.35. The molecule has 0 bridgehead atoms. The van der Waals surface area contributed by atoms with E-state index in [1.54, 1.807) is 6.92 Å². The Hall–Kier alpha value is -1.03. The summed E-state index contributed by atoms with van der Waals surface area (Å²) in [7, 11) is 0. The van der Waals surface area contributed by atoms with Gasteiger partial charge in [-0.15, -0.1) is 11.3 Å². The van der Waals surface area contributed by atoms with Crippen molar-refractivity contribution in [1.29, 1.82) is 0 Å². The van der Waals surface area contributed by atoms with Crippen LogP contribution >= 0.6 is 11.3 Å². The highest BCUT2D eigenvalue weighted by atomic mass is 32.1. The number of hydrogen-bond acceptors (Lipinski definition) is 4. The second kappa shape index (κ2) is 3.79. The number of carbonyl (C=O) groups excluding carboxylic acids is 2. The molecule has 4 heteroatoms. The minimum Gasteiger partial charge on any atom is -0.300 e. The SMILES string of the molecule is CC(=O)CC(=O)c1sc(C)nc1C. The average molecular weight is 197 g/mol. The van der Waals surface area contributed by atoms with Gasteiger partial charge in [0.15, 0.2) is 5.78 Å². The topological polar surface area (TPSA) is 47.0 Å². The van der Waals surface area contributed by atoms with Gasteiger partial charge >= 0.3 is 0 Å². The summed E-state index contributed by atoms with van der Waals surface area (Å²) in [6, 6.07) is 0. The average Bonchev–Trinajstić information content (AvgIpc) is 2.28.